The van der Waals surface area contributed by atoms with E-state index in [1.807, 2.05) is 11.0 Å². The predicted octanol–water partition coefficient (Wildman–Crippen LogP) is 3.10. The number of halogens is 1. The average molecular weight is 328 g/mol. The van der Waals surface area contributed by atoms with Crippen molar-refractivity contribution in [2.24, 2.45) is 5.92 Å². The molecule has 2 aromatic rings. The molecule has 2 amide bonds. The highest BCUT2D eigenvalue weighted by Gasteiger charge is 2.39. The lowest BCUT2D eigenvalue weighted by atomic mass is 10.1. The number of imidazole rings is 1. The maximum absolute atomic E-state index is 14.2. The minimum Gasteiger partial charge on any atom is -0.334 e. The van der Waals surface area contributed by atoms with Crippen LogP contribution in [-0.2, 0) is 6.54 Å². The molecule has 2 aliphatic rings. The predicted molar refractivity (Wildman–Crippen MR) is 88.2 cm³/mol. The second-order valence-electron chi connectivity index (χ2n) is 6.65. The Morgan fingerprint density at radius 2 is 2.25 bits per heavy atom. The van der Waals surface area contributed by atoms with Crippen LogP contribution in [0.15, 0.2) is 36.9 Å². The summed E-state index contributed by atoms with van der Waals surface area (Å²) >= 11 is 0. The van der Waals surface area contributed by atoms with Crippen molar-refractivity contribution in [2.75, 3.05) is 6.54 Å². The van der Waals surface area contributed by atoms with Crippen molar-refractivity contribution in [2.45, 2.75) is 38.3 Å². The van der Waals surface area contributed by atoms with Crippen molar-refractivity contribution >= 4 is 6.03 Å². The Hall–Kier alpha value is -2.37. The van der Waals surface area contributed by atoms with Gasteiger partial charge >= 0.3 is 6.03 Å². The van der Waals surface area contributed by atoms with E-state index in [4.69, 9.17) is 0 Å². The van der Waals surface area contributed by atoms with Crippen LogP contribution in [0.5, 0.6) is 0 Å². The molecular weight excluding hydrogens is 307 g/mol. The summed E-state index contributed by atoms with van der Waals surface area (Å²) in [4.78, 5) is 18.3. The van der Waals surface area contributed by atoms with E-state index in [2.05, 4.69) is 10.3 Å². The van der Waals surface area contributed by atoms with Gasteiger partial charge < -0.3 is 14.8 Å². The second-order valence-corrected chi connectivity index (χ2v) is 6.65. The fraction of sp³-hybridized carbons (Fsp3) is 0.444. The van der Waals surface area contributed by atoms with Crippen molar-refractivity contribution in [3.63, 3.8) is 0 Å². The van der Waals surface area contributed by atoms with Gasteiger partial charge in [-0.05, 0) is 42.9 Å². The largest absolute Gasteiger partial charge is 0.334 e. The van der Waals surface area contributed by atoms with Gasteiger partial charge in [0, 0.05) is 31.5 Å². The Labute approximate surface area is 140 Å². The number of amides is 2. The highest BCUT2D eigenvalue weighted by atomic mass is 19.1. The standard InChI is InChI=1S/C18H21FN4O/c19-15-10-13(4-5-17(15)22-9-7-20-12-22)11-21-18(24)23-8-6-14-2-1-3-16(14)23/h4-5,7,9-10,12,14,16H,1-3,6,8,11H2,(H,21,24)/t14-,16-/m0/s1. The zero-order valence-electron chi connectivity index (χ0n) is 13.5. The molecule has 4 rings (SSSR count). The topological polar surface area (TPSA) is 50.2 Å². The monoisotopic (exact) mass is 328 g/mol. The maximum atomic E-state index is 14.2. The molecule has 2 fully saturated rings. The second kappa shape index (κ2) is 6.26. The van der Waals surface area contributed by atoms with Crippen molar-refractivity contribution in [3.05, 3.63) is 48.3 Å². The fourth-order valence-electron chi connectivity index (χ4n) is 4.04. The van der Waals surface area contributed by atoms with Gasteiger partial charge in [-0.15, -0.1) is 0 Å². The van der Waals surface area contributed by atoms with E-state index in [1.54, 1.807) is 29.4 Å². The first-order valence-corrected chi connectivity index (χ1v) is 8.53. The molecule has 1 aliphatic heterocycles. The van der Waals surface area contributed by atoms with Crippen molar-refractivity contribution in [3.8, 4) is 5.69 Å². The van der Waals surface area contributed by atoms with E-state index in [0.29, 0.717) is 24.2 Å². The summed E-state index contributed by atoms with van der Waals surface area (Å²) in [5.41, 5.74) is 1.21. The Morgan fingerprint density at radius 3 is 3.04 bits per heavy atom. The summed E-state index contributed by atoms with van der Waals surface area (Å²) in [5, 5.41) is 2.94. The van der Waals surface area contributed by atoms with E-state index in [0.717, 1.165) is 24.9 Å². The Kier molecular flexibility index (Phi) is 3.96. The fourth-order valence-corrected chi connectivity index (χ4v) is 4.04. The van der Waals surface area contributed by atoms with Gasteiger partial charge in [-0.1, -0.05) is 12.5 Å². The summed E-state index contributed by atoms with van der Waals surface area (Å²) in [6, 6.07) is 5.40. The molecule has 126 valence electrons. The first-order valence-electron chi connectivity index (χ1n) is 8.53. The van der Waals surface area contributed by atoms with E-state index in [9.17, 15) is 9.18 Å². The molecule has 1 aromatic heterocycles. The van der Waals surface area contributed by atoms with E-state index >= 15 is 0 Å². The van der Waals surface area contributed by atoms with Crippen LogP contribution < -0.4 is 5.32 Å². The number of rotatable bonds is 3. The molecule has 0 bridgehead atoms. The summed E-state index contributed by atoms with van der Waals surface area (Å²) in [6.07, 6.45) is 9.57. The number of carbonyl (C=O) groups is 1. The van der Waals surface area contributed by atoms with E-state index in [-0.39, 0.29) is 11.8 Å². The molecule has 1 saturated heterocycles. The molecule has 0 spiro atoms. The van der Waals surface area contributed by atoms with Gasteiger partial charge in [-0.25, -0.2) is 14.2 Å². The highest BCUT2D eigenvalue weighted by Crippen LogP contribution is 2.37. The first-order chi connectivity index (χ1) is 11.7. The number of benzene rings is 1. The van der Waals surface area contributed by atoms with Gasteiger partial charge in [0.05, 0.1) is 12.0 Å². The van der Waals surface area contributed by atoms with Crippen LogP contribution in [0.2, 0.25) is 0 Å². The first kappa shape index (κ1) is 15.2. The molecule has 24 heavy (non-hydrogen) atoms. The van der Waals surface area contributed by atoms with Gasteiger partial charge in [0.1, 0.15) is 5.82 Å². The molecule has 0 radical (unpaired) electrons. The lowest BCUT2D eigenvalue weighted by Gasteiger charge is -2.24. The van der Waals surface area contributed by atoms with Crippen LogP contribution in [0.3, 0.4) is 0 Å². The van der Waals surface area contributed by atoms with Crippen LogP contribution in [0.25, 0.3) is 5.69 Å². The summed E-state index contributed by atoms with van der Waals surface area (Å²) in [6.45, 7) is 1.18. The van der Waals surface area contributed by atoms with Gasteiger partial charge in [0.15, 0.2) is 0 Å². The van der Waals surface area contributed by atoms with E-state index in [1.165, 1.54) is 18.9 Å². The lowest BCUT2D eigenvalue weighted by Crippen LogP contribution is -2.42. The van der Waals surface area contributed by atoms with Crippen LogP contribution in [-0.4, -0.2) is 33.1 Å². The zero-order chi connectivity index (χ0) is 16.5. The van der Waals surface area contributed by atoms with Crippen molar-refractivity contribution in [1.82, 2.24) is 19.8 Å². The van der Waals surface area contributed by atoms with Gasteiger partial charge in [0.2, 0.25) is 0 Å². The van der Waals surface area contributed by atoms with Crippen molar-refractivity contribution in [1.29, 1.82) is 0 Å². The summed E-state index contributed by atoms with van der Waals surface area (Å²) < 4.78 is 15.9. The number of aromatic nitrogens is 2. The van der Waals surface area contributed by atoms with Crippen LogP contribution in [0.4, 0.5) is 9.18 Å². The number of likely N-dealkylation sites (tertiary alicyclic amines) is 1. The number of nitrogens with zero attached hydrogens (tertiary/aromatic N) is 3. The average Bonchev–Trinajstić information content (AvgIpc) is 3.29. The van der Waals surface area contributed by atoms with Crippen LogP contribution in [0, 0.1) is 11.7 Å². The molecule has 0 unspecified atom stereocenters. The maximum Gasteiger partial charge on any atom is 0.317 e. The Morgan fingerprint density at radius 1 is 1.33 bits per heavy atom. The molecule has 1 aromatic carbocycles. The molecule has 6 heteroatoms. The third kappa shape index (κ3) is 2.77. The molecule has 1 saturated carbocycles. The Balaban J connectivity index is 1.39. The minimum atomic E-state index is -0.322. The number of fused-ring (bicyclic) bond motifs is 1. The number of hydrogen-bond donors (Lipinski definition) is 1. The van der Waals surface area contributed by atoms with Crippen LogP contribution >= 0.6 is 0 Å². The molecule has 1 aliphatic carbocycles. The SMILES string of the molecule is O=C(NCc1ccc(-n2ccnc2)c(F)c1)N1CC[C@@H]2CCC[C@@H]21. The molecule has 2 heterocycles. The number of carbonyl (C=O) groups excluding carboxylic acids is 1. The number of hydrogen-bond acceptors (Lipinski definition) is 2. The minimum absolute atomic E-state index is 0.0245. The Bertz CT molecular complexity index is 731. The highest BCUT2D eigenvalue weighted by molar-refractivity contribution is 5.75. The van der Waals surface area contributed by atoms with Gasteiger partial charge in [-0.2, -0.15) is 0 Å². The van der Waals surface area contributed by atoms with Crippen molar-refractivity contribution < 1.29 is 9.18 Å². The third-order valence-electron chi connectivity index (χ3n) is 5.26. The smallest absolute Gasteiger partial charge is 0.317 e. The normalized spacial score (nSPS) is 22.6. The van der Waals surface area contributed by atoms with Gasteiger partial charge in [-0.3, -0.25) is 0 Å². The van der Waals surface area contributed by atoms with E-state index < -0.39 is 0 Å². The lowest BCUT2D eigenvalue weighted by molar-refractivity contribution is 0.189. The summed E-state index contributed by atoms with van der Waals surface area (Å²) in [5.74, 6) is 0.361. The van der Waals surface area contributed by atoms with Crippen LogP contribution in [0.1, 0.15) is 31.2 Å². The quantitative estimate of drug-likeness (QED) is 0.941. The summed E-state index contributed by atoms with van der Waals surface area (Å²) in [7, 11) is 0. The van der Waals surface area contributed by atoms with Gasteiger partial charge in [0.25, 0.3) is 0 Å². The molecule has 5 nitrogen and oxygen atoms in total. The molecular formula is C18H21FN4O. The third-order valence-corrected chi connectivity index (χ3v) is 5.26. The molecule has 2 atom stereocenters. The number of urea groups is 1. The molecule has 1 N–H and O–H groups in total. The number of nitrogens with one attached hydrogen (secondary N) is 1. The zero-order valence-corrected chi connectivity index (χ0v) is 13.5.